The fourth-order valence-corrected chi connectivity index (χ4v) is 1.46. The molecule has 1 unspecified atom stereocenters. The minimum atomic E-state index is -0.839. The maximum Gasteiger partial charge on any atom is 0.119 e. The van der Waals surface area contributed by atoms with E-state index in [-0.39, 0.29) is 0 Å². The zero-order valence-electron chi connectivity index (χ0n) is 9.90. The summed E-state index contributed by atoms with van der Waals surface area (Å²) in [6, 6.07) is 9.71. The number of nitrogens with two attached hydrogens (primary N) is 1. The smallest absolute Gasteiger partial charge is 0.119 e. The number of hydrogen-bond donors (Lipinski definition) is 1. The normalized spacial score (nSPS) is 13.7. The predicted molar refractivity (Wildman–Crippen MR) is 64.5 cm³/mol. The van der Waals surface area contributed by atoms with Gasteiger partial charge in [-0.1, -0.05) is 0 Å². The van der Waals surface area contributed by atoms with E-state index in [0.717, 1.165) is 11.4 Å². The number of rotatable bonds is 4. The van der Waals surface area contributed by atoms with E-state index in [1.807, 2.05) is 36.2 Å². The van der Waals surface area contributed by atoms with Gasteiger partial charge in [0.2, 0.25) is 0 Å². The van der Waals surface area contributed by atoms with Crippen LogP contribution < -0.4 is 15.4 Å². The molecule has 2 N–H and O–H groups in total. The first-order valence-corrected chi connectivity index (χ1v) is 5.04. The summed E-state index contributed by atoms with van der Waals surface area (Å²) in [6.45, 7) is 2.20. The standard InChI is InChI=1S/C12H17N3O/c1-12(14,8-13)9-15(2)10-4-6-11(16-3)7-5-10/h4-7H,9,14H2,1-3H3. The van der Waals surface area contributed by atoms with Crippen molar-refractivity contribution in [1.29, 1.82) is 5.26 Å². The highest BCUT2D eigenvalue weighted by Gasteiger charge is 2.19. The number of ether oxygens (including phenoxy) is 1. The van der Waals surface area contributed by atoms with Gasteiger partial charge in [-0.25, -0.2) is 0 Å². The van der Waals surface area contributed by atoms with Crippen LogP contribution >= 0.6 is 0 Å². The van der Waals surface area contributed by atoms with Crippen LogP contribution in [0.15, 0.2) is 24.3 Å². The molecular weight excluding hydrogens is 202 g/mol. The molecule has 0 aliphatic heterocycles. The van der Waals surface area contributed by atoms with E-state index in [2.05, 4.69) is 6.07 Å². The number of nitriles is 1. The number of benzene rings is 1. The third-order valence-electron chi connectivity index (χ3n) is 2.33. The fraction of sp³-hybridized carbons (Fsp3) is 0.417. The summed E-state index contributed by atoms with van der Waals surface area (Å²) in [7, 11) is 3.54. The molecule has 0 bridgehead atoms. The van der Waals surface area contributed by atoms with Crippen LogP contribution in [-0.4, -0.2) is 26.2 Å². The first-order chi connectivity index (χ1) is 7.48. The van der Waals surface area contributed by atoms with Crippen LogP contribution in [0.25, 0.3) is 0 Å². The number of likely N-dealkylation sites (N-methyl/N-ethyl adjacent to an activating group) is 1. The van der Waals surface area contributed by atoms with E-state index in [9.17, 15) is 0 Å². The van der Waals surface area contributed by atoms with Crippen LogP contribution in [-0.2, 0) is 0 Å². The highest BCUT2D eigenvalue weighted by molar-refractivity contribution is 5.49. The van der Waals surface area contributed by atoms with Crippen LogP contribution in [0.2, 0.25) is 0 Å². The first-order valence-electron chi connectivity index (χ1n) is 5.04. The molecule has 0 radical (unpaired) electrons. The Morgan fingerprint density at radius 2 is 2.00 bits per heavy atom. The molecule has 0 saturated heterocycles. The van der Waals surface area contributed by atoms with Crippen LogP contribution in [0.1, 0.15) is 6.92 Å². The summed E-state index contributed by atoms with van der Waals surface area (Å²) in [5.74, 6) is 0.813. The largest absolute Gasteiger partial charge is 0.497 e. The molecule has 4 nitrogen and oxygen atoms in total. The van der Waals surface area contributed by atoms with E-state index in [4.69, 9.17) is 15.7 Å². The van der Waals surface area contributed by atoms with Gasteiger partial charge < -0.3 is 15.4 Å². The maximum atomic E-state index is 8.85. The van der Waals surface area contributed by atoms with Crippen molar-refractivity contribution in [2.75, 3.05) is 25.6 Å². The molecule has 16 heavy (non-hydrogen) atoms. The number of methoxy groups -OCH3 is 1. The maximum absolute atomic E-state index is 8.85. The highest BCUT2D eigenvalue weighted by Crippen LogP contribution is 2.19. The third kappa shape index (κ3) is 3.14. The Balaban J connectivity index is 2.74. The zero-order chi connectivity index (χ0) is 12.2. The van der Waals surface area contributed by atoms with Gasteiger partial charge in [-0.15, -0.1) is 0 Å². The van der Waals surface area contributed by atoms with Crippen LogP contribution in [0.3, 0.4) is 0 Å². The molecule has 0 aliphatic carbocycles. The van der Waals surface area contributed by atoms with Gasteiger partial charge in [0.1, 0.15) is 11.3 Å². The lowest BCUT2D eigenvalue weighted by atomic mass is 10.1. The zero-order valence-corrected chi connectivity index (χ0v) is 9.90. The van der Waals surface area contributed by atoms with Crippen LogP contribution in [0.5, 0.6) is 5.75 Å². The minimum Gasteiger partial charge on any atom is -0.497 e. The monoisotopic (exact) mass is 219 g/mol. The summed E-state index contributed by atoms with van der Waals surface area (Å²) in [5, 5.41) is 8.85. The van der Waals surface area contributed by atoms with E-state index in [1.54, 1.807) is 14.0 Å². The molecule has 0 spiro atoms. The Bertz CT molecular complexity index is 378. The number of anilines is 1. The van der Waals surface area contributed by atoms with Crippen molar-refractivity contribution >= 4 is 5.69 Å². The molecule has 0 saturated carbocycles. The summed E-state index contributed by atoms with van der Waals surface area (Å²) in [4.78, 5) is 1.95. The van der Waals surface area contributed by atoms with Crippen molar-refractivity contribution in [2.24, 2.45) is 5.73 Å². The number of hydrogen-bond acceptors (Lipinski definition) is 4. The van der Waals surface area contributed by atoms with Gasteiger partial charge in [0.05, 0.1) is 13.2 Å². The lowest BCUT2D eigenvalue weighted by Gasteiger charge is -2.26. The van der Waals surface area contributed by atoms with Crippen molar-refractivity contribution in [3.8, 4) is 11.8 Å². The summed E-state index contributed by atoms with van der Waals surface area (Å²) >= 11 is 0. The molecule has 86 valence electrons. The van der Waals surface area contributed by atoms with Crippen molar-refractivity contribution in [1.82, 2.24) is 0 Å². The van der Waals surface area contributed by atoms with E-state index >= 15 is 0 Å². The van der Waals surface area contributed by atoms with Gasteiger partial charge in [-0.3, -0.25) is 0 Å². The third-order valence-corrected chi connectivity index (χ3v) is 2.33. The highest BCUT2D eigenvalue weighted by atomic mass is 16.5. The Kier molecular flexibility index (Phi) is 3.75. The predicted octanol–water partition coefficient (Wildman–Crippen LogP) is 1.37. The van der Waals surface area contributed by atoms with Crippen LogP contribution in [0.4, 0.5) is 5.69 Å². The topological polar surface area (TPSA) is 62.3 Å². The van der Waals surface area contributed by atoms with Gasteiger partial charge in [-0.2, -0.15) is 5.26 Å². The Hall–Kier alpha value is -1.73. The van der Waals surface area contributed by atoms with Gasteiger partial charge in [0.25, 0.3) is 0 Å². The summed E-state index contributed by atoms with van der Waals surface area (Å²) < 4.78 is 5.08. The van der Waals surface area contributed by atoms with Gasteiger partial charge in [-0.05, 0) is 31.2 Å². The SMILES string of the molecule is COc1ccc(N(C)CC(C)(N)C#N)cc1. The molecule has 1 aromatic rings. The van der Waals surface area contributed by atoms with Crippen molar-refractivity contribution in [2.45, 2.75) is 12.5 Å². The molecule has 0 aliphatic rings. The average molecular weight is 219 g/mol. The lowest BCUT2D eigenvalue weighted by molar-refractivity contribution is 0.415. The molecule has 1 atom stereocenters. The molecule has 0 fully saturated rings. The second-order valence-electron chi connectivity index (χ2n) is 4.08. The van der Waals surface area contributed by atoms with E-state index in [1.165, 1.54) is 0 Å². The molecule has 0 heterocycles. The molecule has 0 aromatic heterocycles. The Labute approximate surface area is 96.2 Å². The fourth-order valence-electron chi connectivity index (χ4n) is 1.46. The van der Waals surface area contributed by atoms with Crippen molar-refractivity contribution < 1.29 is 4.74 Å². The van der Waals surface area contributed by atoms with Gasteiger partial charge in [0, 0.05) is 19.3 Å². The van der Waals surface area contributed by atoms with Crippen molar-refractivity contribution in [3.63, 3.8) is 0 Å². The number of nitrogens with zero attached hydrogens (tertiary/aromatic N) is 2. The molecule has 1 aromatic carbocycles. The second kappa shape index (κ2) is 4.86. The van der Waals surface area contributed by atoms with Crippen molar-refractivity contribution in [3.05, 3.63) is 24.3 Å². The van der Waals surface area contributed by atoms with Gasteiger partial charge in [0.15, 0.2) is 0 Å². The van der Waals surface area contributed by atoms with E-state index in [0.29, 0.717) is 6.54 Å². The molecule has 1 rings (SSSR count). The van der Waals surface area contributed by atoms with E-state index < -0.39 is 5.54 Å². The summed E-state index contributed by atoms with van der Waals surface area (Å²) in [6.07, 6.45) is 0. The first kappa shape index (κ1) is 12.3. The second-order valence-corrected chi connectivity index (χ2v) is 4.08. The minimum absolute atomic E-state index is 0.482. The molecule has 4 heteroatoms. The Morgan fingerprint density at radius 1 is 1.44 bits per heavy atom. The van der Waals surface area contributed by atoms with Crippen LogP contribution in [0, 0.1) is 11.3 Å². The Morgan fingerprint density at radius 3 is 2.44 bits per heavy atom. The quantitative estimate of drug-likeness (QED) is 0.830. The lowest BCUT2D eigenvalue weighted by Crippen LogP contribution is -2.45. The average Bonchev–Trinajstić information content (AvgIpc) is 2.28. The van der Waals surface area contributed by atoms with Gasteiger partial charge >= 0.3 is 0 Å². The molecule has 0 amide bonds. The molecular formula is C12H17N3O. The summed E-state index contributed by atoms with van der Waals surface area (Å²) in [5.41, 5.74) is 5.95.